The van der Waals surface area contributed by atoms with Crippen LogP contribution in [0.25, 0.3) is 11.5 Å². The van der Waals surface area contributed by atoms with Gasteiger partial charge in [0.1, 0.15) is 5.82 Å². The smallest absolute Gasteiger partial charge is 0.340 e. The summed E-state index contributed by atoms with van der Waals surface area (Å²) >= 11 is 3.34. The van der Waals surface area contributed by atoms with E-state index in [4.69, 9.17) is 9.15 Å². The summed E-state index contributed by atoms with van der Waals surface area (Å²) in [4.78, 5) is 12.1. The molecule has 134 valence electrons. The van der Waals surface area contributed by atoms with Gasteiger partial charge in [-0.1, -0.05) is 22.0 Å². The predicted octanol–water partition coefficient (Wildman–Crippen LogP) is 4.43. The van der Waals surface area contributed by atoms with Gasteiger partial charge < -0.3 is 14.5 Å². The molecule has 3 aromatic rings. The molecular weight excluding hydrogens is 405 g/mol. The molecule has 2 aromatic carbocycles. The van der Waals surface area contributed by atoms with Crippen molar-refractivity contribution in [3.8, 4) is 11.5 Å². The first-order chi connectivity index (χ1) is 12.6. The summed E-state index contributed by atoms with van der Waals surface area (Å²) in [6.07, 6.45) is 0. The highest BCUT2D eigenvalue weighted by Crippen LogP contribution is 2.23. The van der Waals surface area contributed by atoms with Crippen LogP contribution in [-0.2, 0) is 11.3 Å². The molecule has 0 radical (unpaired) electrons. The zero-order valence-electron chi connectivity index (χ0n) is 13.8. The second-order valence-electron chi connectivity index (χ2n) is 5.28. The summed E-state index contributed by atoms with van der Waals surface area (Å²) in [5, 5.41) is 10.9. The normalized spacial score (nSPS) is 10.6. The van der Waals surface area contributed by atoms with E-state index in [1.54, 1.807) is 37.3 Å². The number of nitrogens with zero attached hydrogens (tertiary/aromatic N) is 2. The molecule has 0 bridgehead atoms. The van der Waals surface area contributed by atoms with Crippen LogP contribution in [0.15, 0.2) is 51.4 Å². The molecule has 0 aliphatic rings. The first-order valence-corrected chi connectivity index (χ1v) is 8.65. The Morgan fingerprint density at radius 3 is 2.88 bits per heavy atom. The SMILES string of the molecule is CCOC(=O)c1cc(Br)ccc1NCc1nnc(-c2cccc(F)c2)o1. The number of rotatable bonds is 6. The Hall–Kier alpha value is -2.74. The van der Waals surface area contributed by atoms with Gasteiger partial charge in [0.25, 0.3) is 0 Å². The molecule has 1 N–H and O–H groups in total. The zero-order valence-corrected chi connectivity index (χ0v) is 15.4. The summed E-state index contributed by atoms with van der Waals surface area (Å²) < 4.78 is 24.7. The maximum absolute atomic E-state index is 13.3. The highest BCUT2D eigenvalue weighted by atomic mass is 79.9. The second kappa shape index (κ2) is 8.09. The molecule has 0 saturated heterocycles. The molecule has 0 unspecified atom stereocenters. The molecule has 0 aliphatic carbocycles. The van der Waals surface area contributed by atoms with Gasteiger partial charge in [-0.3, -0.25) is 0 Å². The van der Waals surface area contributed by atoms with E-state index in [9.17, 15) is 9.18 Å². The molecule has 0 fully saturated rings. The summed E-state index contributed by atoms with van der Waals surface area (Å²) in [5.41, 5.74) is 1.47. The second-order valence-corrected chi connectivity index (χ2v) is 6.19. The minimum Gasteiger partial charge on any atom is -0.462 e. The van der Waals surface area contributed by atoms with Crippen molar-refractivity contribution in [1.82, 2.24) is 10.2 Å². The van der Waals surface area contributed by atoms with Crippen molar-refractivity contribution < 1.29 is 18.3 Å². The molecule has 3 rings (SSSR count). The largest absolute Gasteiger partial charge is 0.462 e. The van der Waals surface area contributed by atoms with Gasteiger partial charge in [-0.05, 0) is 43.3 Å². The summed E-state index contributed by atoms with van der Waals surface area (Å²) in [6.45, 7) is 2.23. The monoisotopic (exact) mass is 419 g/mol. The van der Waals surface area contributed by atoms with Crippen molar-refractivity contribution in [2.75, 3.05) is 11.9 Å². The predicted molar refractivity (Wildman–Crippen MR) is 97.1 cm³/mol. The van der Waals surface area contributed by atoms with Crippen LogP contribution in [0, 0.1) is 5.82 Å². The third-order valence-electron chi connectivity index (χ3n) is 3.45. The molecular formula is C18H15BrFN3O3. The number of ether oxygens (including phenoxy) is 1. The number of nitrogens with one attached hydrogen (secondary N) is 1. The van der Waals surface area contributed by atoms with Crippen molar-refractivity contribution in [2.45, 2.75) is 13.5 Å². The Balaban J connectivity index is 1.75. The molecule has 0 amide bonds. The van der Waals surface area contributed by atoms with Crippen LogP contribution in [0.4, 0.5) is 10.1 Å². The highest BCUT2D eigenvalue weighted by molar-refractivity contribution is 9.10. The van der Waals surface area contributed by atoms with Crippen LogP contribution in [0.2, 0.25) is 0 Å². The molecule has 26 heavy (non-hydrogen) atoms. The molecule has 0 atom stereocenters. The number of carbonyl (C=O) groups is 1. The molecule has 0 aliphatic heterocycles. The van der Waals surface area contributed by atoms with Gasteiger partial charge >= 0.3 is 5.97 Å². The van der Waals surface area contributed by atoms with Crippen molar-refractivity contribution in [2.24, 2.45) is 0 Å². The molecule has 0 spiro atoms. The van der Waals surface area contributed by atoms with Crippen molar-refractivity contribution in [3.63, 3.8) is 0 Å². The van der Waals surface area contributed by atoms with Crippen LogP contribution in [0.3, 0.4) is 0 Å². The van der Waals surface area contributed by atoms with E-state index in [0.29, 0.717) is 22.7 Å². The standard InChI is InChI=1S/C18H15BrFN3O3/c1-2-25-18(24)14-9-12(19)6-7-15(14)21-10-16-22-23-17(26-16)11-4-3-5-13(20)8-11/h3-9,21H,2,10H2,1H3. The van der Waals surface area contributed by atoms with E-state index >= 15 is 0 Å². The first kappa shape index (κ1) is 18.1. The quantitative estimate of drug-likeness (QED) is 0.595. The van der Waals surface area contributed by atoms with E-state index < -0.39 is 5.97 Å². The number of hydrogen-bond acceptors (Lipinski definition) is 6. The average molecular weight is 420 g/mol. The third-order valence-corrected chi connectivity index (χ3v) is 3.94. The molecule has 1 aromatic heterocycles. The van der Waals surface area contributed by atoms with E-state index in [2.05, 4.69) is 31.4 Å². The lowest BCUT2D eigenvalue weighted by Gasteiger charge is -2.10. The molecule has 8 heteroatoms. The Morgan fingerprint density at radius 1 is 1.27 bits per heavy atom. The van der Waals surface area contributed by atoms with Crippen LogP contribution in [-0.4, -0.2) is 22.8 Å². The van der Waals surface area contributed by atoms with Gasteiger partial charge in [0, 0.05) is 15.7 Å². The average Bonchev–Trinajstić information content (AvgIpc) is 3.10. The highest BCUT2D eigenvalue weighted by Gasteiger charge is 2.15. The lowest BCUT2D eigenvalue weighted by molar-refractivity contribution is 0.0527. The Kier molecular flexibility index (Phi) is 5.62. The van der Waals surface area contributed by atoms with E-state index in [0.717, 1.165) is 4.47 Å². The van der Waals surface area contributed by atoms with Crippen molar-refractivity contribution >= 4 is 27.6 Å². The van der Waals surface area contributed by atoms with Crippen LogP contribution in [0.5, 0.6) is 0 Å². The van der Waals surface area contributed by atoms with Gasteiger partial charge in [-0.2, -0.15) is 0 Å². The number of esters is 1. The minimum atomic E-state index is -0.428. The maximum atomic E-state index is 13.3. The Morgan fingerprint density at radius 2 is 2.12 bits per heavy atom. The topological polar surface area (TPSA) is 77.2 Å². The fraction of sp³-hybridized carbons (Fsp3) is 0.167. The molecule has 6 nitrogen and oxygen atoms in total. The van der Waals surface area contributed by atoms with Gasteiger partial charge in [0.05, 0.1) is 18.7 Å². The number of benzene rings is 2. The molecule has 0 saturated carbocycles. The number of hydrogen-bond donors (Lipinski definition) is 1. The van der Waals surface area contributed by atoms with Gasteiger partial charge in [-0.25, -0.2) is 9.18 Å². The van der Waals surface area contributed by atoms with E-state index in [1.807, 2.05) is 0 Å². The maximum Gasteiger partial charge on any atom is 0.340 e. The van der Waals surface area contributed by atoms with Crippen molar-refractivity contribution in [3.05, 3.63) is 64.2 Å². The fourth-order valence-electron chi connectivity index (χ4n) is 2.28. The number of carbonyl (C=O) groups excluding carboxylic acids is 1. The number of aromatic nitrogens is 2. The van der Waals surface area contributed by atoms with Gasteiger partial charge in [-0.15, -0.1) is 10.2 Å². The van der Waals surface area contributed by atoms with Gasteiger partial charge in [0.2, 0.25) is 11.8 Å². The third kappa shape index (κ3) is 4.26. The summed E-state index contributed by atoms with van der Waals surface area (Å²) in [7, 11) is 0. The zero-order chi connectivity index (χ0) is 18.5. The Bertz CT molecular complexity index is 930. The number of anilines is 1. The lowest BCUT2D eigenvalue weighted by atomic mass is 10.2. The fourth-order valence-corrected chi connectivity index (χ4v) is 2.64. The first-order valence-electron chi connectivity index (χ1n) is 7.85. The van der Waals surface area contributed by atoms with E-state index in [-0.39, 0.29) is 24.9 Å². The van der Waals surface area contributed by atoms with E-state index in [1.165, 1.54) is 12.1 Å². The summed E-state index contributed by atoms with van der Waals surface area (Å²) in [5.74, 6) is -0.277. The lowest BCUT2D eigenvalue weighted by Crippen LogP contribution is -2.10. The number of halogens is 2. The van der Waals surface area contributed by atoms with Gasteiger partial charge in [0.15, 0.2) is 0 Å². The summed E-state index contributed by atoms with van der Waals surface area (Å²) in [6, 6.07) is 11.1. The van der Waals surface area contributed by atoms with Crippen LogP contribution < -0.4 is 5.32 Å². The van der Waals surface area contributed by atoms with Crippen molar-refractivity contribution in [1.29, 1.82) is 0 Å². The minimum absolute atomic E-state index is 0.205. The Labute approximate surface area is 157 Å². The van der Waals surface area contributed by atoms with Crippen LogP contribution in [0.1, 0.15) is 23.2 Å². The van der Waals surface area contributed by atoms with Crippen LogP contribution >= 0.6 is 15.9 Å². The molecule has 1 heterocycles.